The van der Waals surface area contributed by atoms with Gasteiger partial charge >= 0.3 is 0 Å². The fraction of sp³-hybridized carbons (Fsp3) is 0.932. The second kappa shape index (κ2) is 18.3. The van der Waals surface area contributed by atoms with Gasteiger partial charge in [-0.3, -0.25) is 4.79 Å². The first-order valence-electron chi connectivity index (χ1n) is 22.8. The van der Waals surface area contributed by atoms with E-state index in [4.69, 9.17) is 33.2 Å². The molecule has 18 heteroatoms. The number of carbonyl (C=O) groups excluding carboxylic acids is 1. The lowest BCUT2D eigenvalue weighted by atomic mass is 9.44. The molecule has 8 rings (SSSR count). The lowest BCUT2D eigenvalue weighted by Crippen LogP contribution is -2.61. The third-order valence-corrected chi connectivity index (χ3v) is 16.7. The van der Waals surface area contributed by atoms with Crippen molar-refractivity contribution in [3.8, 4) is 0 Å². The van der Waals surface area contributed by atoms with E-state index in [9.17, 15) is 55.9 Å². The molecule has 0 bridgehead atoms. The first-order valence-corrected chi connectivity index (χ1v) is 22.8. The van der Waals surface area contributed by atoms with E-state index < -0.39 is 98.7 Å². The van der Waals surface area contributed by atoms with E-state index in [0.717, 1.165) is 44.3 Å². The highest BCUT2D eigenvalue weighted by Gasteiger charge is 2.66. The van der Waals surface area contributed by atoms with E-state index in [1.54, 1.807) is 0 Å². The quantitative estimate of drug-likeness (QED) is 0.105. The number of Topliss-reactive ketones (excluding diaryl/α,β-unsaturated/α-hetero) is 1. The number of hydrogen-bond donors (Lipinski definition) is 10. The molecule has 18 nitrogen and oxygen atoms in total. The van der Waals surface area contributed by atoms with Gasteiger partial charge in [-0.05, 0) is 91.9 Å². The van der Waals surface area contributed by atoms with Crippen LogP contribution in [0.25, 0.3) is 0 Å². The van der Waals surface area contributed by atoms with Crippen molar-refractivity contribution in [2.45, 2.75) is 184 Å². The van der Waals surface area contributed by atoms with E-state index in [-0.39, 0.29) is 66.2 Å². The van der Waals surface area contributed by atoms with Gasteiger partial charge in [0.1, 0.15) is 79.0 Å². The Bertz CT molecular complexity index is 1610. The predicted octanol–water partition coefficient (Wildman–Crippen LogP) is -1.01. The smallest absolute Gasteiger partial charge is 0.186 e. The van der Waals surface area contributed by atoms with Gasteiger partial charge in [0.25, 0.3) is 0 Å². The molecule has 0 aromatic carbocycles. The van der Waals surface area contributed by atoms with Crippen molar-refractivity contribution in [3.63, 3.8) is 0 Å². The number of rotatable bonds is 12. The third kappa shape index (κ3) is 8.34. The molecule has 8 aliphatic rings. The van der Waals surface area contributed by atoms with Gasteiger partial charge in [-0.2, -0.15) is 0 Å². The highest BCUT2D eigenvalue weighted by Crippen LogP contribution is 2.69. The summed E-state index contributed by atoms with van der Waals surface area (Å²) in [7, 11) is 0. The predicted molar refractivity (Wildman–Crippen MR) is 212 cm³/mol. The van der Waals surface area contributed by atoms with Crippen LogP contribution in [-0.4, -0.2) is 181 Å². The van der Waals surface area contributed by atoms with Gasteiger partial charge in [-0.25, -0.2) is 0 Å². The number of allylic oxidation sites excluding steroid dienone is 1. The molecule has 7 fully saturated rings. The molecule has 3 saturated heterocycles. The highest BCUT2D eigenvalue weighted by atomic mass is 16.7. The highest BCUT2D eigenvalue weighted by molar-refractivity contribution is 5.83. The zero-order chi connectivity index (χ0) is 44.6. The van der Waals surface area contributed by atoms with Gasteiger partial charge in [0.2, 0.25) is 0 Å². The number of aliphatic hydroxyl groups is 10. The van der Waals surface area contributed by atoms with Crippen molar-refractivity contribution >= 4 is 5.78 Å². The van der Waals surface area contributed by atoms with Crippen molar-refractivity contribution in [2.75, 3.05) is 26.4 Å². The van der Waals surface area contributed by atoms with Crippen LogP contribution >= 0.6 is 0 Å². The Morgan fingerprint density at radius 1 is 0.758 bits per heavy atom. The maximum Gasteiger partial charge on any atom is 0.186 e. The fourth-order valence-corrected chi connectivity index (χ4v) is 13.1. The maximum absolute atomic E-state index is 14.3. The molecule has 4 aliphatic carbocycles. The Kier molecular flexibility index (Phi) is 13.9. The Morgan fingerprint density at radius 2 is 1.42 bits per heavy atom. The van der Waals surface area contributed by atoms with Crippen LogP contribution in [0.2, 0.25) is 0 Å². The number of ketones is 1. The lowest BCUT2D eigenvalue weighted by molar-refractivity contribution is -0.330. The molecule has 0 amide bonds. The minimum absolute atomic E-state index is 0.0122. The summed E-state index contributed by atoms with van der Waals surface area (Å²) >= 11 is 0. The first-order chi connectivity index (χ1) is 29.4. The summed E-state index contributed by atoms with van der Waals surface area (Å²) in [5.41, 5.74) is 1.03. The van der Waals surface area contributed by atoms with Gasteiger partial charge in [0, 0.05) is 24.7 Å². The standard InChI is InChI=1S/C44H70O18/c1-18(15-56-41-38(54)35(51)33(49)29(14-45)61-41)5-6-27-19(2)31-28(60-27)13-23-21-12-25(46)24-11-20(7-9-43(24,3)22(21)8-10-44(23,31)4)59-42-39(55)36(52)34(50)30(62-42)17-58-40-37(53)32(48)26(47)16-57-40/h18,20-24,26,28-42,45,47-55H,5-17H2,1-4H3/t18-,20-,21+,22-,23-,24+,26-,28-,29+,30+,31-,32-,33+,34+,35-,36-,37+,38+,39+,40-,41+,42+,43+,44-/m0/s1. The Labute approximate surface area is 362 Å². The molecule has 0 aromatic heterocycles. The van der Waals surface area contributed by atoms with Gasteiger partial charge in [-0.1, -0.05) is 20.8 Å². The minimum Gasteiger partial charge on any atom is -0.494 e. The molecule has 4 heterocycles. The Balaban J connectivity index is 0.852. The Morgan fingerprint density at radius 3 is 2.15 bits per heavy atom. The van der Waals surface area contributed by atoms with E-state index in [2.05, 4.69) is 20.8 Å². The van der Waals surface area contributed by atoms with Crippen molar-refractivity contribution in [1.29, 1.82) is 0 Å². The third-order valence-electron chi connectivity index (χ3n) is 16.7. The minimum atomic E-state index is -1.63. The van der Waals surface area contributed by atoms with Crippen LogP contribution in [-0.2, 0) is 38.0 Å². The van der Waals surface area contributed by atoms with Crippen molar-refractivity contribution in [2.24, 2.45) is 46.3 Å². The molecule has 4 aliphatic heterocycles. The fourth-order valence-electron chi connectivity index (χ4n) is 13.1. The lowest BCUT2D eigenvalue weighted by Gasteiger charge is -2.60. The van der Waals surface area contributed by atoms with E-state index in [0.29, 0.717) is 31.1 Å². The SMILES string of the molecule is CC1=C(CC[C@H](C)CO[C@@H]2O[C@H](CO)[C@@H](O)[C@H](O)[C@H]2O)O[C@H]2C[C@H]3[C@@H]4CC(=O)[C@H]5C[C@@H](O[C@@H]6O[C@H](CO[C@@H]7OC[C@H](O)[C@H](O)[C@H]7O)[C@@H](O)[C@H](O)[C@H]6O)CC[C@]5(C)[C@H]4CC[C@]3(C)[C@@H]12. The van der Waals surface area contributed by atoms with Gasteiger partial charge in [0.05, 0.1) is 38.3 Å². The van der Waals surface area contributed by atoms with Crippen molar-refractivity contribution in [1.82, 2.24) is 0 Å². The molecular formula is C44H70O18. The zero-order valence-corrected chi connectivity index (χ0v) is 36.1. The van der Waals surface area contributed by atoms with Crippen molar-refractivity contribution < 1.29 is 89.0 Å². The van der Waals surface area contributed by atoms with Crippen LogP contribution < -0.4 is 0 Å². The van der Waals surface area contributed by atoms with Gasteiger partial charge in [0.15, 0.2) is 18.9 Å². The molecule has 10 N–H and O–H groups in total. The number of aliphatic hydroxyl groups excluding tert-OH is 10. The molecule has 24 atom stereocenters. The summed E-state index contributed by atoms with van der Waals surface area (Å²) in [6.07, 6.45) is -13.2. The number of ether oxygens (including phenoxy) is 7. The summed E-state index contributed by atoms with van der Waals surface area (Å²) in [5, 5.41) is 102. The molecule has 0 spiro atoms. The Hall–Kier alpha value is -1.43. The van der Waals surface area contributed by atoms with Crippen LogP contribution in [0.5, 0.6) is 0 Å². The molecule has 62 heavy (non-hydrogen) atoms. The maximum atomic E-state index is 14.3. The van der Waals surface area contributed by atoms with Gasteiger partial charge in [-0.15, -0.1) is 0 Å². The van der Waals surface area contributed by atoms with Crippen LogP contribution in [0.4, 0.5) is 0 Å². The topological polar surface area (TPSA) is 284 Å². The number of fused-ring (bicyclic) bond motifs is 7. The largest absolute Gasteiger partial charge is 0.494 e. The average Bonchev–Trinajstić information content (AvgIpc) is 3.73. The summed E-state index contributed by atoms with van der Waals surface area (Å²) in [6, 6.07) is 0. The van der Waals surface area contributed by atoms with Crippen molar-refractivity contribution in [3.05, 3.63) is 11.3 Å². The molecule has 354 valence electrons. The van der Waals surface area contributed by atoms with E-state index >= 15 is 0 Å². The normalized spacial score (nSPS) is 52.2. The monoisotopic (exact) mass is 886 g/mol. The number of carbonyl (C=O) groups is 1. The second-order valence-electron chi connectivity index (χ2n) is 20.4. The molecule has 0 unspecified atom stereocenters. The molecule has 0 aromatic rings. The number of hydrogen-bond acceptors (Lipinski definition) is 18. The van der Waals surface area contributed by atoms with E-state index in [1.165, 1.54) is 5.57 Å². The molecular weight excluding hydrogens is 816 g/mol. The molecule has 0 radical (unpaired) electrons. The zero-order valence-electron chi connectivity index (χ0n) is 36.1. The average molecular weight is 887 g/mol. The summed E-state index contributed by atoms with van der Waals surface area (Å²) in [4.78, 5) is 14.3. The summed E-state index contributed by atoms with van der Waals surface area (Å²) in [6.45, 7) is 7.95. The van der Waals surface area contributed by atoms with Crippen LogP contribution in [0.1, 0.15) is 85.5 Å². The second-order valence-corrected chi connectivity index (χ2v) is 20.4. The summed E-state index contributed by atoms with van der Waals surface area (Å²) in [5.74, 6) is 2.24. The van der Waals surface area contributed by atoms with E-state index in [1.807, 2.05) is 6.92 Å². The summed E-state index contributed by atoms with van der Waals surface area (Å²) < 4.78 is 41.1. The molecule has 4 saturated carbocycles. The van der Waals surface area contributed by atoms with Crippen LogP contribution in [0.15, 0.2) is 11.3 Å². The van der Waals surface area contributed by atoms with Crippen LogP contribution in [0.3, 0.4) is 0 Å². The first kappa shape index (κ1) is 47.1. The van der Waals surface area contributed by atoms with Crippen LogP contribution in [0, 0.1) is 46.3 Å². The van der Waals surface area contributed by atoms with Gasteiger partial charge < -0.3 is 84.2 Å².